The Hall–Kier alpha value is -2.07. The summed E-state index contributed by atoms with van der Waals surface area (Å²) in [6.45, 7) is 0.198. The number of hydrogen-bond acceptors (Lipinski definition) is 4. The molecule has 1 aromatic rings. The number of pyridine rings is 1. The molecule has 6 heteroatoms. The van der Waals surface area contributed by atoms with Crippen LogP contribution in [-0.4, -0.2) is 16.4 Å². The summed E-state index contributed by atoms with van der Waals surface area (Å²) in [7, 11) is 0. The van der Waals surface area contributed by atoms with Gasteiger partial charge in [-0.1, -0.05) is 16.3 Å². The Morgan fingerprint density at radius 3 is 3.15 bits per heavy atom. The van der Waals surface area contributed by atoms with Gasteiger partial charge in [0.15, 0.2) is 0 Å². The van der Waals surface area contributed by atoms with E-state index in [4.69, 9.17) is 10.7 Å². The third kappa shape index (κ3) is 2.80. The van der Waals surface area contributed by atoms with Crippen LogP contribution in [0.3, 0.4) is 0 Å². The molecule has 1 N–H and O–H groups in total. The van der Waals surface area contributed by atoms with Crippen molar-refractivity contribution in [1.29, 1.82) is 0 Å². The summed E-state index contributed by atoms with van der Waals surface area (Å²) >= 11 is 0. The van der Waals surface area contributed by atoms with Crippen molar-refractivity contribution < 1.29 is 5.21 Å². The number of hydrogen-bond donors (Lipinski definition) is 1. The molecule has 13 heavy (non-hydrogen) atoms. The van der Waals surface area contributed by atoms with E-state index in [-0.39, 0.29) is 6.54 Å². The van der Waals surface area contributed by atoms with Crippen LogP contribution in [-0.2, 0) is 6.54 Å². The molecule has 0 saturated carbocycles. The first kappa shape index (κ1) is 9.02. The van der Waals surface area contributed by atoms with Gasteiger partial charge in [0.05, 0.1) is 18.5 Å². The van der Waals surface area contributed by atoms with Crippen LogP contribution >= 0.6 is 0 Å². The highest BCUT2D eigenvalue weighted by Gasteiger charge is 1.93. The maximum atomic E-state index is 8.23. The van der Waals surface area contributed by atoms with E-state index < -0.39 is 0 Å². The average molecular weight is 177 g/mol. The average Bonchev–Trinajstić information content (AvgIpc) is 2.16. The molecule has 0 fully saturated rings. The van der Waals surface area contributed by atoms with Gasteiger partial charge in [-0.25, -0.2) is 0 Å². The lowest BCUT2D eigenvalue weighted by atomic mass is 10.3. The Labute approximate surface area is 74.2 Å². The quantitative estimate of drug-likeness (QED) is 0.190. The summed E-state index contributed by atoms with van der Waals surface area (Å²) in [6, 6.07) is 5.15. The minimum atomic E-state index is 0.198. The lowest BCUT2D eigenvalue weighted by molar-refractivity contribution is 0.321. The van der Waals surface area contributed by atoms with E-state index in [0.717, 1.165) is 0 Å². The summed E-state index contributed by atoms with van der Waals surface area (Å²) in [5.41, 5.74) is 9.22. The molecule has 1 heterocycles. The molecular formula is C7H7N5O. The van der Waals surface area contributed by atoms with Gasteiger partial charge >= 0.3 is 0 Å². The van der Waals surface area contributed by atoms with Gasteiger partial charge in [0.1, 0.15) is 0 Å². The van der Waals surface area contributed by atoms with E-state index in [9.17, 15) is 0 Å². The van der Waals surface area contributed by atoms with Crippen LogP contribution in [0, 0.1) is 0 Å². The fourth-order valence-electron chi connectivity index (χ4n) is 0.821. The van der Waals surface area contributed by atoms with Crippen molar-refractivity contribution >= 4 is 6.21 Å². The molecule has 1 aromatic heterocycles. The molecule has 1 rings (SSSR count). The van der Waals surface area contributed by atoms with Gasteiger partial charge in [-0.05, 0) is 17.7 Å². The minimum absolute atomic E-state index is 0.198. The summed E-state index contributed by atoms with van der Waals surface area (Å²) in [5, 5.41) is 14.4. The van der Waals surface area contributed by atoms with Gasteiger partial charge in [0, 0.05) is 10.6 Å². The predicted octanol–water partition coefficient (Wildman–Crippen LogP) is 1.70. The monoisotopic (exact) mass is 177 g/mol. The van der Waals surface area contributed by atoms with E-state index in [1.807, 2.05) is 0 Å². The first-order valence-electron chi connectivity index (χ1n) is 3.51. The molecule has 0 aliphatic carbocycles. The van der Waals surface area contributed by atoms with E-state index >= 15 is 0 Å². The molecule has 0 aliphatic rings. The number of oxime groups is 1. The second-order valence-corrected chi connectivity index (χ2v) is 2.19. The van der Waals surface area contributed by atoms with Crippen LogP contribution in [0.1, 0.15) is 11.4 Å². The van der Waals surface area contributed by atoms with Crippen molar-refractivity contribution in [2.45, 2.75) is 6.54 Å². The fraction of sp³-hybridized carbons (Fsp3) is 0.143. The van der Waals surface area contributed by atoms with Crippen molar-refractivity contribution in [3.63, 3.8) is 0 Å². The third-order valence-corrected chi connectivity index (χ3v) is 1.31. The highest BCUT2D eigenvalue weighted by atomic mass is 16.4. The maximum absolute atomic E-state index is 8.23. The van der Waals surface area contributed by atoms with Crippen LogP contribution in [0.2, 0.25) is 0 Å². The van der Waals surface area contributed by atoms with Gasteiger partial charge in [-0.3, -0.25) is 4.98 Å². The largest absolute Gasteiger partial charge is 0.411 e. The molecule has 0 spiro atoms. The van der Waals surface area contributed by atoms with Gasteiger partial charge < -0.3 is 5.21 Å². The van der Waals surface area contributed by atoms with Crippen molar-refractivity contribution in [2.24, 2.45) is 10.3 Å². The zero-order valence-electron chi connectivity index (χ0n) is 6.70. The normalized spacial score (nSPS) is 9.85. The van der Waals surface area contributed by atoms with Crippen LogP contribution in [0.4, 0.5) is 0 Å². The van der Waals surface area contributed by atoms with Gasteiger partial charge in [-0.2, -0.15) is 0 Å². The predicted molar refractivity (Wildman–Crippen MR) is 46.5 cm³/mol. The molecule has 0 aliphatic heterocycles. The zero-order chi connectivity index (χ0) is 9.52. The highest BCUT2D eigenvalue weighted by Crippen LogP contribution is 1.99. The molecule has 0 amide bonds. The minimum Gasteiger partial charge on any atom is -0.411 e. The Morgan fingerprint density at radius 2 is 2.46 bits per heavy atom. The number of azide groups is 1. The van der Waals surface area contributed by atoms with E-state index in [1.54, 1.807) is 18.2 Å². The SMILES string of the molecule is [N-]=[N+]=NCc1cccc(C=NO)n1. The standard InChI is InChI=1S/C7H7N5O/c8-12-9-4-6-2-1-3-7(11-6)5-10-13/h1-3,5,13H,4H2. The first-order valence-corrected chi connectivity index (χ1v) is 3.51. The van der Waals surface area contributed by atoms with E-state index in [0.29, 0.717) is 11.4 Å². The van der Waals surface area contributed by atoms with Crippen LogP contribution < -0.4 is 0 Å². The van der Waals surface area contributed by atoms with E-state index in [1.165, 1.54) is 6.21 Å². The molecule has 66 valence electrons. The fourth-order valence-corrected chi connectivity index (χ4v) is 0.821. The van der Waals surface area contributed by atoms with Crippen molar-refractivity contribution in [3.8, 4) is 0 Å². The molecule has 0 unspecified atom stereocenters. The third-order valence-electron chi connectivity index (χ3n) is 1.31. The summed E-state index contributed by atoms with van der Waals surface area (Å²) in [4.78, 5) is 6.63. The van der Waals surface area contributed by atoms with Crippen molar-refractivity contribution in [3.05, 3.63) is 40.0 Å². The van der Waals surface area contributed by atoms with Gasteiger partial charge in [0.25, 0.3) is 0 Å². The molecule has 6 nitrogen and oxygen atoms in total. The molecule has 0 atom stereocenters. The van der Waals surface area contributed by atoms with Crippen molar-refractivity contribution in [1.82, 2.24) is 4.98 Å². The lowest BCUT2D eigenvalue weighted by Gasteiger charge is -1.95. The van der Waals surface area contributed by atoms with Crippen LogP contribution in [0.15, 0.2) is 28.5 Å². The number of rotatable bonds is 3. The Balaban J connectivity index is 2.84. The topological polar surface area (TPSA) is 94.2 Å². The molecule has 0 saturated heterocycles. The molecule has 0 radical (unpaired) electrons. The second kappa shape index (κ2) is 4.74. The Morgan fingerprint density at radius 1 is 1.62 bits per heavy atom. The first-order chi connectivity index (χ1) is 6.36. The van der Waals surface area contributed by atoms with Crippen molar-refractivity contribution in [2.75, 3.05) is 0 Å². The zero-order valence-corrected chi connectivity index (χ0v) is 6.70. The maximum Gasteiger partial charge on any atom is 0.0918 e. The smallest absolute Gasteiger partial charge is 0.0918 e. The second-order valence-electron chi connectivity index (χ2n) is 2.19. The lowest BCUT2D eigenvalue weighted by Crippen LogP contribution is -1.92. The molecule has 0 bridgehead atoms. The highest BCUT2D eigenvalue weighted by molar-refractivity contribution is 5.76. The van der Waals surface area contributed by atoms with Gasteiger partial charge in [-0.15, -0.1) is 0 Å². The number of nitrogens with zero attached hydrogens (tertiary/aromatic N) is 5. The van der Waals surface area contributed by atoms with E-state index in [2.05, 4.69) is 20.2 Å². The molecular weight excluding hydrogens is 170 g/mol. The summed E-state index contributed by atoms with van der Waals surface area (Å²) in [5.74, 6) is 0. The summed E-state index contributed by atoms with van der Waals surface area (Å²) < 4.78 is 0. The Kier molecular flexibility index (Phi) is 3.29. The number of aromatic nitrogens is 1. The van der Waals surface area contributed by atoms with Gasteiger partial charge in [0.2, 0.25) is 0 Å². The summed E-state index contributed by atoms with van der Waals surface area (Å²) in [6.07, 6.45) is 1.21. The molecule has 0 aromatic carbocycles. The van der Waals surface area contributed by atoms with Crippen LogP contribution in [0.5, 0.6) is 0 Å². The Bertz CT molecular complexity index is 356. The van der Waals surface area contributed by atoms with Crippen LogP contribution in [0.25, 0.3) is 10.4 Å².